The monoisotopic (exact) mass is 260 g/mol. The lowest BCUT2D eigenvalue weighted by Crippen LogP contribution is -2.58. The molecule has 2 fully saturated rings. The minimum atomic E-state index is 0.739. The van der Waals surface area contributed by atoms with E-state index in [2.05, 4.69) is 31.1 Å². The molecule has 0 spiro atoms. The van der Waals surface area contributed by atoms with Gasteiger partial charge in [0.05, 0.1) is 26.7 Å². The molecule has 8 heteroatoms. The van der Waals surface area contributed by atoms with Gasteiger partial charge in [-0.1, -0.05) is 0 Å². The van der Waals surface area contributed by atoms with E-state index >= 15 is 0 Å². The first-order chi connectivity index (χ1) is 7.74. The average Bonchev–Trinajstić information content (AvgIpc) is 2.30. The number of thiocarbonyl (C=S) groups is 2. The Morgan fingerprint density at radius 1 is 0.750 bits per heavy atom. The second-order valence-electron chi connectivity index (χ2n) is 3.79. The highest BCUT2D eigenvalue weighted by molar-refractivity contribution is 7.80. The van der Waals surface area contributed by atoms with E-state index in [0.717, 1.165) is 50.0 Å². The predicted octanol–water partition coefficient (Wildman–Crippen LogP) is -1.62. The highest BCUT2D eigenvalue weighted by Crippen LogP contribution is 1.94. The van der Waals surface area contributed by atoms with Crippen LogP contribution in [0, 0.1) is 0 Å². The lowest BCUT2D eigenvalue weighted by atomic mass is 10.4. The van der Waals surface area contributed by atoms with Crippen molar-refractivity contribution >= 4 is 34.7 Å². The van der Waals surface area contributed by atoms with E-state index in [0.29, 0.717) is 0 Å². The lowest BCUT2D eigenvalue weighted by Gasteiger charge is -2.33. The second kappa shape index (κ2) is 5.58. The van der Waals surface area contributed by atoms with E-state index < -0.39 is 0 Å². The van der Waals surface area contributed by atoms with E-state index in [1.807, 2.05) is 0 Å². The summed E-state index contributed by atoms with van der Waals surface area (Å²) in [6.07, 6.45) is 0. The van der Waals surface area contributed by atoms with Gasteiger partial charge in [0.1, 0.15) is 0 Å². The fraction of sp³-hybridized carbons (Fsp3) is 0.750. The summed E-state index contributed by atoms with van der Waals surface area (Å²) in [6.45, 7) is 5.27. The van der Waals surface area contributed by atoms with Crippen molar-refractivity contribution in [1.82, 2.24) is 31.1 Å². The maximum absolute atomic E-state index is 4.99. The van der Waals surface area contributed by atoms with Crippen LogP contribution in [0.3, 0.4) is 0 Å². The summed E-state index contributed by atoms with van der Waals surface area (Å²) in [5, 5.41) is 13.9. The van der Waals surface area contributed by atoms with Crippen molar-refractivity contribution in [3.8, 4) is 0 Å². The van der Waals surface area contributed by atoms with Gasteiger partial charge < -0.3 is 21.3 Å². The molecule has 0 aromatic heterocycles. The Balaban J connectivity index is 1.64. The van der Waals surface area contributed by atoms with Crippen molar-refractivity contribution in [3.63, 3.8) is 0 Å². The summed E-state index contributed by atoms with van der Waals surface area (Å²) < 4.78 is 0. The summed E-state index contributed by atoms with van der Waals surface area (Å²) in [6, 6.07) is 0. The van der Waals surface area contributed by atoms with Crippen molar-refractivity contribution in [1.29, 1.82) is 0 Å². The smallest absolute Gasteiger partial charge is 0.168 e. The first kappa shape index (κ1) is 11.8. The quantitative estimate of drug-likeness (QED) is 0.452. The molecule has 0 amide bonds. The van der Waals surface area contributed by atoms with Crippen molar-refractivity contribution < 1.29 is 0 Å². The molecule has 0 atom stereocenters. The molecule has 2 saturated heterocycles. The van der Waals surface area contributed by atoms with Gasteiger partial charge in [-0.25, -0.2) is 0 Å². The van der Waals surface area contributed by atoms with Gasteiger partial charge >= 0.3 is 0 Å². The summed E-state index contributed by atoms with van der Waals surface area (Å²) in [4.78, 5) is 4.53. The zero-order valence-corrected chi connectivity index (χ0v) is 10.6. The van der Waals surface area contributed by atoms with E-state index in [1.165, 1.54) is 0 Å². The SMILES string of the molecule is S=C1NCN(CCN2CNC(=S)NC2)CN1. The number of nitrogens with one attached hydrogen (secondary N) is 4. The molecular formula is C8H16N6S2. The molecule has 6 nitrogen and oxygen atoms in total. The number of nitrogens with zero attached hydrogens (tertiary/aromatic N) is 2. The van der Waals surface area contributed by atoms with Gasteiger partial charge in [-0.05, 0) is 24.4 Å². The Hall–Kier alpha value is -0.700. The minimum Gasteiger partial charge on any atom is -0.350 e. The van der Waals surface area contributed by atoms with Crippen molar-refractivity contribution in [2.45, 2.75) is 0 Å². The van der Waals surface area contributed by atoms with Crippen LogP contribution in [0.15, 0.2) is 0 Å². The Bertz CT molecular complexity index is 236. The number of hydrogen-bond donors (Lipinski definition) is 4. The second-order valence-corrected chi connectivity index (χ2v) is 4.60. The Morgan fingerprint density at radius 3 is 1.38 bits per heavy atom. The zero-order valence-electron chi connectivity index (χ0n) is 8.95. The molecule has 2 aliphatic heterocycles. The summed E-state index contributed by atoms with van der Waals surface area (Å²) >= 11 is 9.97. The van der Waals surface area contributed by atoms with Crippen molar-refractivity contribution in [2.24, 2.45) is 0 Å². The summed E-state index contributed by atoms with van der Waals surface area (Å²) in [5.74, 6) is 0. The molecule has 0 radical (unpaired) electrons. The third-order valence-electron chi connectivity index (χ3n) is 2.59. The first-order valence-corrected chi connectivity index (χ1v) is 6.04. The minimum absolute atomic E-state index is 0.739. The molecule has 2 aliphatic rings. The molecule has 0 aliphatic carbocycles. The fourth-order valence-corrected chi connectivity index (χ4v) is 1.83. The normalized spacial score (nSPS) is 23.0. The van der Waals surface area contributed by atoms with Crippen LogP contribution in [0.2, 0.25) is 0 Å². The molecule has 16 heavy (non-hydrogen) atoms. The van der Waals surface area contributed by atoms with Gasteiger partial charge in [0.25, 0.3) is 0 Å². The van der Waals surface area contributed by atoms with E-state index in [4.69, 9.17) is 24.4 Å². The van der Waals surface area contributed by atoms with Gasteiger partial charge in [0, 0.05) is 13.1 Å². The molecule has 4 N–H and O–H groups in total. The van der Waals surface area contributed by atoms with Gasteiger partial charge in [0.15, 0.2) is 10.2 Å². The molecule has 2 rings (SSSR count). The Kier molecular flexibility index (Phi) is 4.10. The number of hydrogen-bond acceptors (Lipinski definition) is 4. The van der Waals surface area contributed by atoms with Gasteiger partial charge in [-0.15, -0.1) is 0 Å². The molecule has 0 aromatic carbocycles. The van der Waals surface area contributed by atoms with E-state index in [1.54, 1.807) is 0 Å². The highest BCUT2D eigenvalue weighted by atomic mass is 32.1. The van der Waals surface area contributed by atoms with E-state index in [9.17, 15) is 0 Å². The summed E-state index contributed by atoms with van der Waals surface area (Å²) in [7, 11) is 0. The van der Waals surface area contributed by atoms with Crippen LogP contribution in [0.4, 0.5) is 0 Å². The highest BCUT2D eigenvalue weighted by Gasteiger charge is 2.15. The predicted molar refractivity (Wildman–Crippen MR) is 70.6 cm³/mol. The zero-order chi connectivity index (χ0) is 11.4. The molecular weight excluding hydrogens is 244 g/mol. The van der Waals surface area contributed by atoms with Crippen LogP contribution in [0.1, 0.15) is 0 Å². The molecule has 90 valence electrons. The molecule has 0 bridgehead atoms. The van der Waals surface area contributed by atoms with Crippen LogP contribution < -0.4 is 21.3 Å². The third-order valence-corrected chi connectivity index (χ3v) is 3.16. The topological polar surface area (TPSA) is 54.6 Å². The van der Waals surface area contributed by atoms with Gasteiger partial charge in [0.2, 0.25) is 0 Å². The maximum atomic E-state index is 4.99. The van der Waals surface area contributed by atoms with Crippen LogP contribution >= 0.6 is 24.4 Å². The van der Waals surface area contributed by atoms with Gasteiger partial charge in [-0.2, -0.15) is 0 Å². The third kappa shape index (κ3) is 3.41. The van der Waals surface area contributed by atoms with Crippen LogP contribution in [0.5, 0.6) is 0 Å². The van der Waals surface area contributed by atoms with Crippen molar-refractivity contribution in [2.75, 3.05) is 39.8 Å². The molecule has 0 aromatic rings. The summed E-state index contributed by atoms with van der Waals surface area (Å²) in [5.41, 5.74) is 0. The largest absolute Gasteiger partial charge is 0.350 e. The Labute approximate surface area is 106 Å². The average molecular weight is 260 g/mol. The van der Waals surface area contributed by atoms with E-state index in [-0.39, 0.29) is 0 Å². The van der Waals surface area contributed by atoms with Gasteiger partial charge in [-0.3, -0.25) is 9.80 Å². The Morgan fingerprint density at radius 2 is 1.06 bits per heavy atom. The number of rotatable bonds is 3. The standard InChI is InChI=1S/C8H16N6S2/c15-7-9-3-13(4-10-7)1-2-14-5-11-8(16)12-6-14/h1-6H2,(H2,9,10,15)(H2,11,12,16). The molecule has 0 unspecified atom stereocenters. The first-order valence-electron chi connectivity index (χ1n) is 5.22. The molecule has 2 heterocycles. The van der Waals surface area contributed by atoms with Crippen molar-refractivity contribution in [3.05, 3.63) is 0 Å². The van der Waals surface area contributed by atoms with Crippen LogP contribution in [-0.4, -0.2) is 59.8 Å². The fourth-order valence-electron chi connectivity index (χ4n) is 1.57. The van der Waals surface area contributed by atoms with Crippen LogP contribution in [0.25, 0.3) is 0 Å². The maximum Gasteiger partial charge on any atom is 0.168 e. The van der Waals surface area contributed by atoms with Crippen LogP contribution in [-0.2, 0) is 0 Å². The molecule has 0 saturated carbocycles. The lowest BCUT2D eigenvalue weighted by molar-refractivity contribution is 0.177.